The average molecular weight is 1110 g/mol. The van der Waals surface area contributed by atoms with E-state index in [-0.39, 0.29) is 51.2 Å². The van der Waals surface area contributed by atoms with Crippen LogP contribution in [0.5, 0.6) is 0 Å². The van der Waals surface area contributed by atoms with Crippen molar-refractivity contribution in [1.29, 1.82) is 0 Å². The number of carbonyl (C=O) groups excluding carboxylic acids is 3. The molecule has 7 unspecified atom stereocenters. The highest BCUT2D eigenvalue weighted by Gasteiger charge is 2.79. The first-order valence-electron chi connectivity index (χ1n) is 27.9. The lowest BCUT2D eigenvalue weighted by molar-refractivity contribution is -0.334. The second-order valence-corrected chi connectivity index (χ2v) is 25.4. The molecule has 0 bridgehead atoms. The normalized spacial score (nSPS) is 49.3. The van der Waals surface area contributed by atoms with Crippen LogP contribution in [-0.2, 0) is 47.7 Å². The molecular weight excluding hydrogens is 1030 g/mol. The third kappa shape index (κ3) is 8.36. The molecule has 13 N–H and O–H groups in total. The standard InChI is InChI=1S/C55H78O23/c1-50(49(73)74-27-16-26-7-6-25-4-2-3-5-28(25)29(26)17-27)12-13-51(19-56)14-15-54(23-60)33(30(51)18-50)34(62)37(65)44-52(20-57)10-9-32(53(21-58,22-59)31(52)8-11-55(44,54)24-61)75-43-40(39(67)42(46(70)71)76-47(43)72)77-48-38(66)35(63)36(64)41(78-48)45(68)69/h2-3,5,25-27,29-36,38-44,48,56-64,66-67H,4,6-24H2,1H3,(H,68,69)(H,70,71)/t25?,26?,27?,29?,30-,31+,32-,33?,34?,35+,36+,38-,39+,40-,41+,42+,43-,44+,48-,50-,51+,52+,54?,55-/m0/s1. The Labute approximate surface area is 450 Å². The summed E-state index contributed by atoms with van der Waals surface area (Å²) in [6, 6.07) is 0. The van der Waals surface area contributed by atoms with Crippen LogP contribution >= 0.6 is 0 Å². The van der Waals surface area contributed by atoms with Gasteiger partial charge < -0.3 is 90.1 Å². The van der Waals surface area contributed by atoms with Gasteiger partial charge in [-0.1, -0.05) is 23.8 Å². The molecule has 10 rings (SSSR count). The lowest BCUT2D eigenvalue weighted by atomic mass is 9.30. The summed E-state index contributed by atoms with van der Waals surface area (Å²) in [5.41, 5.74) is -7.27. The minimum absolute atomic E-state index is 0.0781. The van der Waals surface area contributed by atoms with Crippen LogP contribution in [0.15, 0.2) is 23.8 Å². The molecule has 0 aromatic heterocycles. The summed E-state index contributed by atoms with van der Waals surface area (Å²) in [4.78, 5) is 68.4. The molecule has 0 amide bonds. The van der Waals surface area contributed by atoms with Gasteiger partial charge in [-0.25, -0.2) is 14.4 Å². The van der Waals surface area contributed by atoms with E-state index in [0.717, 1.165) is 32.1 Å². The van der Waals surface area contributed by atoms with E-state index < -0.39 is 186 Å². The first kappa shape index (κ1) is 57.7. The number of aliphatic carboxylic acids is 2. The molecule has 2 heterocycles. The number of ketones is 1. The van der Waals surface area contributed by atoms with Gasteiger partial charge in [0, 0.05) is 53.3 Å². The molecule has 8 aliphatic carbocycles. The summed E-state index contributed by atoms with van der Waals surface area (Å²) in [7, 11) is 0. The van der Waals surface area contributed by atoms with Crippen LogP contribution in [0.25, 0.3) is 0 Å². The molecule has 9 fully saturated rings. The number of allylic oxidation sites excluding steroid dienone is 4. The number of hydrogen-bond acceptors (Lipinski definition) is 21. The van der Waals surface area contributed by atoms with E-state index in [1.165, 1.54) is 5.57 Å². The Balaban J connectivity index is 0.947. The summed E-state index contributed by atoms with van der Waals surface area (Å²) in [6.45, 7) is -2.63. The van der Waals surface area contributed by atoms with Crippen LogP contribution in [0.3, 0.4) is 0 Å². The van der Waals surface area contributed by atoms with E-state index in [2.05, 4.69) is 18.2 Å². The van der Waals surface area contributed by atoms with Gasteiger partial charge in [-0.3, -0.25) is 9.59 Å². The number of Topliss-reactive ketones (excluding diaryl/α,β-unsaturated/α-hetero) is 1. The Kier molecular flexibility index (Phi) is 15.6. The number of hydrogen-bond donors (Lipinski definition) is 13. The zero-order valence-corrected chi connectivity index (χ0v) is 43.7. The van der Waals surface area contributed by atoms with Crippen molar-refractivity contribution in [2.45, 2.75) is 170 Å². The van der Waals surface area contributed by atoms with Gasteiger partial charge in [-0.2, -0.15) is 0 Å². The van der Waals surface area contributed by atoms with Crippen molar-refractivity contribution in [3.05, 3.63) is 23.8 Å². The average Bonchev–Trinajstić information content (AvgIpc) is 2.18. The Bertz CT molecular complexity index is 2390. The SMILES string of the molecule is C[C@]1(C(=O)OC2CC3CCC4CC=CC=C4C3C2)CC[C@]2(CO)CCC3(CO)C(C(O)C(=O)[C@@H]4[C@@]5(CO)CC[C@H](O[C@@H]6C(=O)O[C@@H](C(=O)O)[C@H](O)[C@@H]6O[C@H]6O[C@@H](C(=O)O)[C@H](O)[C@@H](O)[C@@H]6O)C(CO)(CO)[C@@H]5CC[C@]43CO)[C@@H]2C1. The summed E-state index contributed by atoms with van der Waals surface area (Å²) < 4.78 is 28.8. The molecule has 23 nitrogen and oxygen atoms in total. The van der Waals surface area contributed by atoms with E-state index in [1.807, 2.05) is 6.92 Å². The molecule has 23 heteroatoms. The lowest BCUT2D eigenvalue weighted by Gasteiger charge is -2.74. The highest BCUT2D eigenvalue weighted by molar-refractivity contribution is 5.89. The van der Waals surface area contributed by atoms with E-state index in [4.69, 9.17) is 23.7 Å². The first-order chi connectivity index (χ1) is 37.1. The molecule has 2 saturated heterocycles. The zero-order valence-electron chi connectivity index (χ0n) is 43.7. The van der Waals surface area contributed by atoms with Gasteiger partial charge in [0.1, 0.15) is 42.7 Å². The Morgan fingerprint density at radius 2 is 1.42 bits per heavy atom. The van der Waals surface area contributed by atoms with Crippen LogP contribution in [0.1, 0.15) is 96.8 Å². The molecule has 436 valence electrons. The Morgan fingerprint density at radius 3 is 2.08 bits per heavy atom. The van der Waals surface area contributed by atoms with Crippen LogP contribution in [0.4, 0.5) is 0 Å². The van der Waals surface area contributed by atoms with Crippen LogP contribution in [0, 0.1) is 73.9 Å². The Hall–Kier alpha value is -3.53. The van der Waals surface area contributed by atoms with Gasteiger partial charge in [0.15, 0.2) is 24.3 Å². The smallest absolute Gasteiger partial charge is 0.347 e. The quantitative estimate of drug-likeness (QED) is 0.0879. The highest BCUT2D eigenvalue weighted by Crippen LogP contribution is 2.76. The number of carboxylic acids is 2. The fourth-order valence-corrected chi connectivity index (χ4v) is 18.4. The minimum atomic E-state index is -2.35. The molecule has 0 aromatic rings. The summed E-state index contributed by atoms with van der Waals surface area (Å²) in [5.74, 6) is -9.54. The predicted octanol–water partition coefficient (Wildman–Crippen LogP) is -1.51. The summed E-state index contributed by atoms with van der Waals surface area (Å²) >= 11 is 0. The number of aliphatic hydroxyl groups excluding tert-OH is 11. The molecule has 0 radical (unpaired) electrons. The fourth-order valence-electron chi connectivity index (χ4n) is 18.4. The van der Waals surface area contributed by atoms with Crippen LogP contribution in [0.2, 0.25) is 0 Å². The van der Waals surface area contributed by atoms with E-state index in [1.54, 1.807) is 0 Å². The van der Waals surface area contributed by atoms with Crippen molar-refractivity contribution in [2.75, 3.05) is 39.6 Å². The number of carbonyl (C=O) groups is 5. The van der Waals surface area contributed by atoms with Crippen molar-refractivity contribution in [3.63, 3.8) is 0 Å². The monoisotopic (exact) mass is 1110 g/mol. The largest absolute Gasteiger partial charge is 0.479 e. The minimum Gasteiger partial charge on any atom is -0.479 e. The third-order valence-electron chi connectivity index (χ3n) is 22.5. The number of esters is 2. The number of ether oxygens (including phenoxy) is 5. The maximum atomic E-state index is 15.7. The van der Waals surface area contributed by atoms with Crippen molar-refractivity contribution < 1.29 is 114 Å². The molecule has 0 aromatic carbocycles. The number of rotatable bonds is 14. The molecule has 2 aliphatic heterocycles. The van der Waals surface area contributed by atoms with E-state index in [0.29, 0.717) is 37.0 Å². The highest BCUT2D eigenvalue weighted by atomic mass is 16.7. The van der Waals surface area contributed by atoms with Crippen molar-refractivity contribution in [3.8, 4) is 0 Å². The number of aliphatic hydroxyl groups is 11. The topological polar surface area (TPSA) is 394 Å². The maximum Gasteiger partial charge on any atom is 0.347 e. The van der Waals surface area contributed by atoms with Gasteiger partial charge in [0.25, 0.3) is 0 Å². The molecule has 7 saturated carbocycles. The Morgan fingerprint density at radius 1 is 0.718 bits per heavy atom. The van der Waals surface area contributed by atoms with Crippen molar-refractivity contribution in [2.24, 2.45) is 73.9 Å². The third-order valence-corrected chi connectivity index (χ3v) is 22.5. The predicted molar refractivity (Wildman–Crippen MR) is 261 cm³/mol. The zero-order chi connectivity index (χ0) is 56.2. The van der Waals surface area contributed by atoms with Crippen LogP contribution in [-0.4, -0.2) is 209 Å². The lowest BCUT2D eigenvalue weighted by Crippen LogP contribution is -2.78. The number of cyclic esters (lactones) is 1. The molecule has 10 aliphatic rings. The number of fused-ring (bicyclic) bond motifs is 10. The second-order valence-electron chi connectivity index (χ2n) is 25.4. The summed E-state index contributed by atoms with van der Waals surface area (Å²) in [5, 5.41) is 146. The van der Waals surface area contributed by atoms with Crippen LogP contribution < -0.4 is 0 Å². The fraction of sp³-hybridized carbons (Fsp3) is 0.836. The van der Waals surface area contributed by atoms with Gasteiger partial charge in [0.05, 0.1) is 31.3 Å². The second kappa shape index (κ2) is 21.0. The first-order valence-corrected chi connectivity index (χ1v) is 27.9. The van der Waals surface area contributed by atoms with E-state index in [9.17, 15) is 85.6 Å². The van der Waals surface area contributed by atoms with Crippen molar-refractivity contribution in [1.82, 2.24) is 0 Å². The van der Waals surface area contributed by atoms with Gasteiger partial charge in [0.2, 0.25) is 6.10 Å². The molecule has 0 spiro atoms. The van der Waals surface area contributed by atoms with Crippen molar-refractivity contribution >= 4 is 29.7 Å². The molecule has 24 atom stereocenters. The number of carboxylic acid groups (broad SMARTS) is 2. The maximum absolute atomic E-state index is 15.7. The van der Waals surface area contributed by atoms with Gasteiger partial charge >= 0.3 is 23.9 Å². The summed E-state index contributed by atoms with van der Waals surface area (Å²) in [6.07, 6.45) is -12.2. The molecule has 78 heavy (non-hydrogen) atoms. The van der Waals surface area contributed by atoms with Gasteiger partial charge in [-0.15, -0.1) is 0 Å². The molecular formula is C55H78O23. The van der Waals surface area contributed by atoms with Gasteiger partial charge in [-0.05, 0) is 132 Å². The van der Waals surface area contributed by atoms with E-state index >= 15 is 4.79 Å².